The number of hydrogen-bond donors (Lipinski definition) is 1. The highest BCUT2D eigenvalue weighted by Gasteiger charge is 2.47. The molecule has 0 saturated carbocycles. The first-order valence-corrected chi connectivity index (χ1v) is 7.85. The Morgan fingerprint density at radius 3 is 3.00 bits per heavy atom. The number of aliphatic hydroxyl groups excluding tert-OH is 1. The van der Waals surface area contributed by atoms with Crippen LogP contribution in [0, 0.1) is 6.92 Å². The Morgan fingerprint density at radius 1 is 1.59 bits per heavy atom. The molecule has 0 bridgehead atoms. The van der Waals surface area contributed by atoms with Crippen molar-refractivity contribution in [2.75, 3.05) is 12.0 Å². The van der Waals surface area contributed by atoms with Crippen LogP contribution >= 0.6 is 22.9 Å². The van der Waals surface area contributed by atoms with Gasteiger partial charge in [-0.1, -0.05) is 11.6 Å². The summed E-state index contributed by atoms with van der Waals surface area (Å²) in [6.07, 6.45) is 1.33. The second-order valence-corrected chi connectivity index (χ2v) is 6.70. The first-order chi connectivity index (χ1) is 10.5. The van der Waals surface area contributed by atoms with Gasteiger partial charge in [-0.3, -0.25) is 0 Å². The lowest BCUT2D eigenvalue weighted by Crippen LogP contribution is -2.66. The number of methoxy groups -OCH3 is 1. The molecule has 2 unspecified atom stereocenters. The molecule has 0 saturated heterocycles. The summed E-state index contributed by atoms with van der Waals surface area (Å²) < 4.78 is 7.14. The predicted octanol–water partition coefficient (Wildman–Crippen LogP) is 1.39. The van der Waals surface area contributed by atoms with Crippen molar-refractivity contribution in [2.24, 2.45) is 0 Å². The van der Waals surface area contributed by atoms with E-state index in [0.29, 0.717) is 16.8 Å². The highest BCUT2D eigenvalue weighted by Crippen LogP contribution is 2.28. The van der Waals surface area contributed by atoms with Crippen LogP contribution in [0.15, 0.2) is 24.5 Å². The number of carbonyl (C=O) groups is 1. The van der Waals surface area contributed by atoms with Crippen LogP contribution in [0.4, 0.5) is 5.82 Å². The summed E-state index contributed by atoms with van der Waals surface area (Å²) in [5, 5.41) is 10.6. The summed E-state index contributed by atoms with van der Waals surface area (Å²) in [6, 6.07) is 3.69. The van der Waals surface area contributed by atoms with Crippen molar-refractivity contribution < 1.29 is 19.2 Å². The first kappa shape index (κ1) is 15.4. The minimum atomic E-state index is -1.07. The minimum Gasteiger partial charge on any atom is -0.363 e. The molecule has 0 aromatic carbocycles. The van der Waals surface area contributed by atoms with Crippen LogP contribution in [0.25, 0.3) is 0 Å². The number of nitrogens with zero attached hydrogens (tertiary/aromatic N) is 3. The van der Waals surface area contributed by atoms with Gasteiger partial charge in [0.2, 0.25) is 12.3 Å². The number of rotatable bonds is 3. The van der Waals surface area contributed by atoms with Crippen LogP contribution in [0.1, 0.15) is 15.2 Å². The third-order valence-corrected chi connectivity index (χ3v) is 4.71. The number of carbonyl (C=O) groups excluding carboxylic acids is 1. The summed E-state index contributed by atoms with van der Waals surface area (Å²) in [4.78, 5) is 19.1. The van der Waals surface area contributed by atoms with Crippen LogP contribution in [0.2, 0.25) is 4.47 Å². The SMILES string of the molecule is COC1C(=O)[n+]2cccc(C)c2N(Cc2cnc(Cl)s2)C1O. The molecule has 22 heavy (non-hydrogen) atoms. The fraction of sp³-hybridized carbons (Fsp3) is 0.357. The average Bonchev–Trinajstić information content (AvgIpc) is 2.89. The van der Waals surface area contributed by atoms with Crippen molar-refractivity contribution in [2.45, 2.75) is 25.8 Å². The Labute approximate surface area is 136 Å². The van der Waals surface area contributed by atoms with Gasteiger partial charge in [-0.2, -0.15) is 4.57 Å². The van der Waals surface area contributed by atoms with Crippen molar-refractivity contribution >= 4 is 34.7 Å². The molecule has 0 radical (unpaired) electrons. The Hall–Kier alpha value is -1.54. The van der Waals surface area contributed by atoms with Gasteiger partial charge in [-0.05, 0) is 19.1 Å². The molecular weight excluding hydrogens is 326 g/mol. The summed E-state index contributed by atoms with van der Waals surface area (Å²) in [5.74, 6) is 0.366. The lowest BCUT2D eigenvalue weighted by molar-refractivity contribution is -0.572. The number of aromatic nitrogens is 2. The van der Waals surface area contributed by atoms with Crippen molar-refractivity contribution in [1.82, 2.24) is 4.98 Å². The van der Waals surface area contributed by atoms with Crippen LogP contribution in [-0.2, 0) is 11.3 Å². The van der Waals surface area contributed by atoms with Gasteiger partial charge in [0.15, 0.2) is 4.47 Å². The summed E-state index contributed by atoms with van der Waals surface area (Å²) >= 11 is 7.21. The Kier molecular flexibility index (Phi) is 4.14. The molecule has 2 atom stereocenters. The molecular formula is C14H15ClN3O3S+. The van der Waals surface area contributed by atoms with Crippen molar-refractivity contribution in [3.05, 3.63) is 39.4 Å². The first-order valence-electron chi connectivity index (χ1n) is 6.66. The van der Waals surface area contributed by atoms with E-state index in [2.05, 4.69) is 4.98 Å². The number of ether oxygens (including phenoxy) is 1. The summed E-state index contributed by atoms with van der Waals surface area (Å²) in [7, 11) is 1.41. The summed E-state index contributed by atoms with van der Waals surface area (Å²) in [6.45, 7) is 2.29. The second-order valence-electron chi connectivity index (χ2n) is 5.00. The van der Waals surface area contributed by atoms with E-state index in [1.165, 1.54) is 23.0 Å². The predicted molar refractivity (Wildman–Crippen MR) is 82.1 cm³/mol. The number of hydrogen-bond acceptors (Lipinski definition) is 6. The third kappa shape index (κ3) is 2.50. The number of pyridine rings is 1. The molecule has 6 nitrogen and oxygen atoms in total. The molecule has 8 heteroatoms. The fourth-order valence-electron chi connectivity index (χ4n) is 2.62. The van der Waals surface area contributed by atoms with Gasteiger partial charge in [-0.25, -0.2) is 14.7 Å². The number of anilines is 1. The lowest BCUT2D eigenvalue weighted by atomic mass is 10.1. The zero-order chi connectivity index (χ0) is 15.9. The van der Waals surface area contributed by atoms with E-state index in [4.69, 9.17) is 16.3 Å². The molecule has 2 aromatic heterocycles. The highest BCUT2D eigenvalue weighted by atomic mass is 35.5. The maximum atomic E-state index is 12.4. The molecule has 0 amide bonds. The molecule has 0 spiro atoms. The van der Waals surface area contributed by atoms with Gasteiger partial charge in [0.05, 0.1) is 11.1 Å². The van der Waals surface area contributed by atoms with Crippen molar-refractivity contribution in [1.29, 1.82) is 0 Å². The van der Waals surface area contributed by atoms with Crippen LogP contribution in [-0.4, -0.2) is 35.4 Å². The smallest absolute Gasteiger partial charge is 0.350 e. The molecule has 2 aromatic rings. The highest BCUT2D eigenvalue weighted by molar-refractivity contribution is 7.15. The number of fused-ring (bicyclic) bond motifs is 1. The molecule has 3 heterocycles. The van der Waals surface area contributed by atoms with Gasteiger partial charge in [0, 0.05) is 18.9 Å². The number of thiazole rings is 1. The molecule has 0 fully saturated rings. The largest absolute Gasteiger partial charge is 0.363 e. The van der Waals surface area contributed by atoms with Crippen LogP contribution < -0.4 is 9.47 Å². The number of aryl methyl sites for hydroxylation is 1. The van der Waals surface area contributed by atoms with Gasteiger partial charge in [0.25, 0.3) is 5.82 Å². The van der Waals surface area contributed by atoms with Crippen LogP contribution in [0.5, 0.6) is 0 Å². The lowest BCUT2D eigenvalue weighted by Gasteiger charge is -2.32. The van der Waals surface area contributed by atoms with E-state index in [0.717, 1.165) is 10.4 Å². The van der Waals surface area contributed by atoms with Crippen molar-refractivity contribution in [3.63, 3.8) is 0 Å². The monoisotopic (exact) mass is 340 g/mol. The molecule has 3 rings (SSSR count). The molecule has 1 aliphatic rings. The molecule has 1 aliphatic heterocycles. The van der Waals surface area contributed by atoms with E-state index in [1.807, 2.05) is 13.0 Å². The van der Waals surface area contributed by atoms with Crippen LogP contribution in [0.3, 0.4) is 0 Å². The maximum absolute atomic E-state index is 12.4. The standard InChI is InChI=1S/C14H15ClN3O3S/c1-8-4-3-5-17-11(8)18(7-9-6-16-14(15)22-9)13(20)10(21-2)12(17)19/h3-6,10,13,20H,7H2,1-2H3/q+1. The number of halogens is 1. The zero-order valence-electron chi connectivity index (χ0n) is 12.1. The molecule has 1 N–H and O–H groups in total. The average molecular weight is 341 g/mol. The summed E-state index contributed by atoms with van der Waals surface area (Å²) in [5.41, 5.74) is 0.889. The van der Waals surface area contributed by atoms with Gasteiger partial charge in [-0.15, -0.1) is 11.3 Å². The maximum Gasteiger partial charge on any atom is 0.350 e. The third-order valence-electron chi connectivity index (χ3n) is 3.61. The van der Waals surface area contributed by atoms with E-state index in [-0.39, 0.29) is 5.91 Å². The zero-order valence-corrected chi connectivity index (χ0v) is 13.6. The minimum absolute atomic E-state index is 0.285. The Morgan fingerprint density at radius 2 is 2.36 bits per heavy atom. The van der Waals surface area contributed by atoms with E-state index in [1.54, 1.807) is 23.4 Å². The Bertz CT molecular complexity index is 721. The molecule has 116 valence electrons. The second kappa shape index (κ2) is 5.92. The topological polar surface area (TPSA) is 66.5 Å². The van der Waals surface area contributed by atoms with E-state index < -0.39 is 12.3 Å². The van der Waals surface area contributed by atoms with Gasteiger partial charge < -0.3 is 9.84 Å². The van der Waals surface area contributed by atoms with Gasteiger partial charge >= 0.3 is 5.91 Å². The van der Waals surface area contributed by atoms with Crippen molar-refractivity contribution in [3.8, 4) is 0 Å². The fourth-order valence-corrected chi connectivity index (χ4v) is 3.60. The van der Waals surface area contributed by atoms with E-state index in [9.17, 15) is 9.90 Å². The molecule has 0 aliphatic carbocycles. The van der Waals surface area contributed by atoms with E-state index >= 15 is 0 Å². The number of aliphatic hydroxyl groups is 1. The van der Waals surface area contributed by atoms with Gasteiger partial charge in [0.1, 0.15) is 6.54 Å². The quantitative estimate of drug-likeness (QED) is 0.855. The normalized spacial score (nSPS) is 21.1. The Balaban J connectivity index is 2.07.